The van der Waals surface area contributed by atoms with Crippen LogP contribution in [0.4, 0.5) is 11.5 Å². The highest BCUT2D eigenvalue weighted by molar-refractivity contribution is 7.90. The van der Waals surface area contributed by atoms with Crippen LogP contribution in [0.5, 0.6) is 0 Å². The molecule has 0 spiro atoms. The minimum Gasteiger partial charge on any atom is -0.394 e. The Labute approximate surface area is 198 Å². The number of fused-ring (bicyclic) bond motifs is 1. The monoisotopic (exact) mass is 487 g/mol. The summed E-state index contributed by atoms with van der Waals surface area (Å²) in [7, 11) is -0.362. The molecule has 0 amide bonds. The van der Waals surface area contributed by atoms with Crippen molar-refractivity contribution in [1.82, 2.24) is 14.5 Å². The normalized spacial score (nSPS) is 16.4. The van der Waals surface area contributed by atoms with Crippen LogP contribution in [0.1, 0.15) is 12.8 Å². The number of nitrogens with zero attached hydrogens (tertiary/aromatic N) is 4. The molecule has 0 aliphatic carbocycles. The highest BCUT2D eigenvalue weighted by Crippen LogP contribution is 2.35. The van der Waals surface area contributed by atoms with E-state index in [9.17, 15) is 18.3 Å². The predicted octanol–water partition coefficient (Wildman–Crippen LogP) is 1.42. The minimum atomic E-state index is -3.57. The van der Waals surface area contributed by atoms with Crippen molar-refractivity contribution in [2.45, 2.75) is 23.8 Å². The molecule has 1 aliphatic rings. The molecule has 1 aromatic carbocycles. The number of benzene rings is 1. The highest BCUT2D eigenvalue weighted by Gasteiger charge is 2.28. The molecule has 0 bridgehead atoms. The molecule has 10 nitrogen and oxygen atoms in total. The Morgan fingerprint density at radius 1 is 1.29 bits per heavy atom. The number of aryl methyl sites for hydroxylation is 1. The van der Waals surface area contributed by atoms with Crippen LogP contribution in [0.15, 0.2) is 40.3 Å². The van der Waals surface area contributed by atoms with E-state index in [0.717, 1.165) is 12.8 Å². The second-order valence-corrected chi connectivity index (χ2v) is 10.4. The molecule has 1 aliphatic heterocycles. The first-order valence-corrected chi connectivity index (χ1v) is 12.9. The maximum atomic E-state index is 12.8. The number of aromatic nitrogens is 3. The summed E-state index contributed by atoms with van der Waals surface area (Å²) in [6.45, 7) is 1.50. The molecule has 34 heavy (non-hydrogen) atoms. The zero-order valence-electron chi connectivity index (χ0n) is 19.5. The number of rotatable bonds is 8. The second-order valence-electron chi connectivity index (χ2n) is 8.46. The Hall–Kier alpha value is -3.02. The zero-order valence-corrected chi connectivity index (χ0v) is 20.3. The summed E-state index contributed by atoms with van der Waals surface area (Å²) in [5.74, 6) is 0.364. The maximum Gasteiger partial charge on any atom is 0.264 e. The van der Waals surface area contributed by atoms with Gasteiger partial charge in [0.15, 0.2) is 9.84 Å². The van der Waals surface area contributed by atoms with E-state index in [4.69, 9.17) is 4.74 Å². The van der Waals surface area contributed by atoms with Crippen LogP contribution < -0.4 is 15.8 Å². The third-order valence-corrected chi connectivity index (χ3v) is 7.18. The van der Waals surface area contributed by atoms with Gasteiger partial charge in [0.2, 0.25) is 0 Å². The van der Waals surface area contributed by atoms with Crippen molar-refractivity contribution in [1.29, 1.82) is 0 Å². The van der Waals surface area contributed by atoms with Gasteiger partial charge in [-0.3, -0.25) is 4.79 Å². The van der Waals surface area contributed by atoms with Crippen molar-refractivity contribution in [2.24, 2.45) is 7.05 Å². The Bertz CT molecular complexity index is 1370. The fourth-order valence-corrected chi connectivity index (χ4v) is 5.23. The molecule has 1 saturated heterocycles. The van der Waals surface area contributed by atoms with Crippen molar-refractivity contribution in [3.63, 3.8) is 0 Å². The molecule has 0 saturated carbocycles. The lowest BCUT2D eigenvalue weighted by molar-refractivity contribution is 0.210. The van der Waals surface area contributed by atoms with Crippen LogP contribution in [0, 0.1) is 0 Å². The number of ether oxygens (including phenoxy) is 1. The predicted molar refractivity (Wildman–Crippen MR) is 131 cm³/mol. The van der Waals surface area contributed by atoms with E-state index >= 15 is 0 Å². The van der Waals surface area contributed by atoms with Crippen LogP contribution >= 0.6 is 0 Å². The van der Waals surface area contributed by atoms with E-state index in [-0.39, 0.29) is 23.1 Å². The Kier molecular flexibility index (Phi) is 6.87. The van der Waals surface area contributed by atoms with Crippen LogP contribution in [-0.2, 0) is 21.6 Å². The summed E-state index contributed by atoms with van der Waals surface area (Å²) < 4.78 is 31.9. The molecule has 2 aromatic heterocycles. The molecule has 11 heteroatoms. The molecule has 4 rings (SSSR count). The van der Waals surface area contributed by atoms with Gasteiger partial charge in [-0.05, 0) is 31.0 Å². The SMILES string of the molecule is COCCNc1nc(-c2ccc(N3CCC[C@@H]3CO)c(S(C)(=O)=O)c2)cc2ncn(C)c(=O)c12. The van der Waals surface area contributed by atoms with Crippen LogP contribution in [0.2, 0.25) is 0 Å². The maximum absolute atomic E-state index is 12.8. The van der Waals surface area contributed by atoms with Gasteiger partial charge in [0.25, 0.3) is 5.56 Å². The summed E-state index contributed by atoms with van der Waals surface area (Å²) in [5.41, 5.74) is 1.87. The van der Waals surface area contributed by atoms with E-state index in [0.29, 0.717) is 53.4 Å². The Balaban J connectivity index is 1.87. The van der Waals surface area contributed by atoms with Gasteiger partial charge in [0, 0.05) is 39.1 Å². The molecule has 2 N–H and O–H groups in total. The third-order valence-electron chi connectivity index (χ3n) is 6.05. The van der Waals surface area contributed by atoms with Gasteiger partial charge < -0.3 is 24.6 Å². The van der Waals surface area contributed by atoms with E-state index in [2.05, 4.69) is 15.3 Å². The molecule has 1 atom stereocenters. The molecule has 182 valence electrons. The fourth-order valence-electron chi connectivity index (χ4n) is 4.32. The number of methoxy groups -OCH3 is 1. The van der Waals surface area contributed by atoms with E-state index in [1.54, 1.807) is 32.4 Å². The first-order valence-electron chi connectivity index (χ1n) is 11.1. The van der Waals surface area contributed by atoms with Gasteiger partial charge in [0.1, 0.15) is 11.2 Å². The van der Waals surface area contributed by atoms with Crippen molar-refractivity contribution in [3.8, 4) is 11.3 Å². The van der Waals surface area contributed by atoms with Crippen molar-refractivity contribution < 1.29 is 18.3 Å². The smallest absolute Gasteiger partial charge is 0.264 e. The van der Waals surface area contributed by atoms with Gasteiger partial charge in [0.05, 0.1) is 47.4 Å². The number of hydrogen-bond donors (Lipinski definition) is 2. The summed E-state index contributed by atoms with van der Waals surface area (Å²) in [6, 6.07) is 6.76. The van der Waals surface area contributed by atoms with Gasteiger partial charge in [-0.2, -0.15) is 0 Å². The second kappa shape index (κ2) is 9.69. The number of aliphatic hydroxyl groups excluding tert-OH is 1. The number of aliphatic hydroxyl groups is 1. The van der Waals surface area contributed by atoms with Gasteiger partial charge in [-0.1, -0.05) is 6.07 Å². The highest BCUT2D eigenvalue weighted by atomic mass is 32.2. The van der Waals surface area contributed by atoms with E-state index < -0.39 is 9.84 Å². The first kappa shape index (κ1) is 24.1. The fraction of sp³-hybridized carbons (Fsp3) is 0.435. The van der Waals surface area contributed by atoms with Crippen LogP contribution in [0.3, 0.4) is 0 Å². The number of anilines is 2. The first-order chi connectivity index (χ1) is 16.2. The molecule has 3 aromatic rings. The zero-order chi connectivity index (χ0) is 24.5. The van der Waals surface area contributed by atoms with Gasteiger partial charge >= 0.3 is 0 Å². The summed E-state index contributed by atoms with van der Waals surface area (Å²) in [4.78, 5) is 24.0. The van der Waals surface area contributed by atoms with Crippen LogP contribution in [-0.4, -0.2) is 73.8 Å². The van der Waals surface area contributed by atoms with Crippen molar-refractivity contribution in [3.05, 3.63) is 40.9 Å². The van der Waals surface area contributed by atoms with Crippen molar-refractivity contribution >= 4 is 32.2 Å². The average Bonchev–Trinajstić information content (AvgIpc) is 3.29. The summed E-state index contributed by atoms with van der Waals surface area (Å²) in [5, 5.41) is 13.2. The molecule has 3 heterocycles. The topological polar surface area (TPSA) is 127 Å². The molecule has 0 unspecified atom stereocenters. The standard InChI is InChI=1S/C23H29N5O5S/c1-27-14-25-18-12-17(26-22(21(18)23(27)30)24-8-10-33-2)15-6-7-19(20(11-15)34(3,31)32)28-9-4-5-16(28)13-29/h6-7,11-12,14,16,29H,4-5,8-10,13H2,1-3H3,(H,24,26)/t16-/m1/s1. The van der Waals surface area contributed by atoms with E-state index in [1.165, 1.54) is 17.2 Å². The van der Waals surface area contributed by atoms with Gasteiger partial charge in [-0.25, -0.2) is 18.4 Å². The third kappa shape index (κ3) is 4.63. The number of nitrogens with one attached hydrogen (secondary N) is 1. The lowest BCUT2D eigenvalue weighted by atomic mass is 10.1. The molecule has 1 fully saturated rings. The average molecular weight is 488 g/mol. The Morgan fingerprint density at radius 2 is 2.09 bits per heavy atom. The largest absolute Gasteiger partial charge is 0.394 e. The lowest BCUT2D eigenvalue weighted by Crippen LogP contribution is -2.33. The van der Waals surface area contributed by atoms with E-state index in [1.807, 2.05) is 11.0 Å². The Morgan fingerprint density at radius 3 is 2.79 bits per heavy atom. The summed E-state index contributed by atoms with van der Waals surface area (Å²) in [6.07, 6.45) is 4.32. The molecular formula is C23H29N5O5S. The van der Waals surface area contributed by atoms with Crippen LogP contribution in [0.25, 0.3) is 22.2 Å². The number of hydrogen-bond acceptors (Lipinski definition) is 9. The van der Waals surface area contributed by atoms with Crippen molar-refractivity contribution in [2.75, 3.05) is 49.9 Å². The number of pyridine rings is 1. The molecule has 0 radical (unpaired) electrons. The quantitative estimate of drug-likeness (QED) is 0.454. The van der Waals surface area contributed by atoms with Gasteiger partial charge in [-0.15, -0.1) is 0 Å². The summed E-state index contributed by atoms with van der Waals surface area (Å²) >= 11 is 0. The molecular weight excluding hydrogens is 458 g/mol. The number of sulfone groups is 1. The minimum absolute atomic E-state index is 0.0334. The lowest BCUT2D eigenvalue weighted by Gasteiger charge is -2.27.